The highest BCUT2D eigenvalue weighted by Crippen LogP contribution is 2.30. The van der Waals surface area contributed by atoms with Crippen molar-refractivity contribution in [1.29, 1.82) is 0 Å². The maximum Gasteiger partial charge on any atom is 0.416 e. The standard InChI is InChI=1S/C10H11F3N2O/c1-15-9(16)8(14)6-3-2-4-7(5-6)10(11,12)13/h2-5,8H,14H2,1H3,(H,15,16)/t8-/m1/s1. The van der Waals surface area contributed by atoms with Gasteiger partial charge in [0.1, 0.15) is 6.04 Å². The van der Waals surface area contributed by atoms with E-state index in [1.54, 1.807) is 0 Å². The second-order valence-corrected chi connectivity index (χ2v) is 3.22. The molecule has 0 radical (unpaired) electrons. The fourth-order valence-electron chi connectivity index (χ4n) is 1.22. The molecule has 3 N–H and O–H groups in total. The molecular weight excluding hydrogens is 221 g/mol. The van der Waals surface area contributed by atoms with E-state index in [4.69, 9.17) is 5.73 Å². The van der Waals surface area contributed by atoms with E-state index in [1.807, 2.05) is 0 Å². The fourth-order valence-corrected chi connectivity index (χ4v) is 1.22. The van der Waals surface area contributed by atoms with Crippen molar-refractivity contribution in [3.05, 3.63) is 35.4 Å². The average molecular weight is 232 g/mol. The summed E-state index contributed by atoms with van der Waals surface area (Å²) in [5.74, 6) is -0.528. The predicted octanol–water partition coefficient (Wildman–Crippen LogP) is 1.45. The summed E-state index contributed by atoms with van der Waals surface area (Å²) in [6.45, 7) is 0. The molecule has 0 saturated carbocycles. The third kappa shape index (κ3) is 2.73. The van der Waals surface area contributed by atoms with E-state index in [9.17, 15) is 18.0 Å². The molecule has 0 aromatic heterocycles. The Hall–Kier alpha value is -1.56. The van der Waals surface area contributed by atoms with Crippen molar-refractivity contribution in [1.82, 2.24) is 5.32 Å². The lowest BCUT2D eigenvalue weighted by molar-refractivity contribution is -0.137. The first-order chi connectivity index (χ1) is 7.36. The monoisotopic (exact) mass is 232 g/mol. The summed E-state index contributed by atoms with van der Waals surface area (Å²) in [5.41, 5.74) is 4.80. The molecule has 88 valence electrons. The van der Waals surface area contributed by atoms with Gasteiger partial charge >= 0.3 is 6.18 Å². The molecule has 0 saturated heterocycles. The number of hydrogen-bond donors (Lipinski definition) is 2. The van der Waals surface area contributed by atoms with Gasteiger partial charge in [-0.25, -0.2) is 0 Å². The summed E-state index contributed by atoms with van der Waals surface area (Å²) in [4.78, 5) is 11.2. The van der Waals surface area contributed by atoms with E-state index in [-0.39, 0.29) is 5.56 Å². The average Bonchev–Trinajstić information content (AvgIpc) is 2.26. The molecule has 0 fully saturated rings. The van der Waals surface area contributed by atoms with Crippen molar-refractivity contribution in [3.63, 3.8) is 0 Å². The van der Waals surface area contributed by atoms with Crippen molar-refractivity contribution < 1.29 is 18.0 Å². The number of alkyl halides is 3. The molecular formula is C10H11F3N2O. The number of nitrogens with one attached hydrogen (secondary N) is 1. The number of halogens is 3. The number of nitrogens with two attached hydrogens (primary N) is 1. The highest BCUT2D eigenvalue weighted by molar-refractivity contribution is 5.82. The van der Waals surface area contributed by atoms with Gasteiger partial charge < -0.3 is 11.1 Å². The highest BCUT2D eigenvalue weighted by atomic mass is 19.4. The van der Waals surface area contributed by atoms with Gasteiger partial charge in [-0.3, -0.25) is 4.79 Å². The van der Waals surface area contributed by atoms with Crippen LogP contribution in [0.15, 0.2) is 24.3 Å². The zero-order valence-corrected chi connectivity index (χ0v) is 8.51. The molecule has 0 aliphatic heterocycles. The molecule has 0 heterocycles. The van der Waals surface area contributed by atoms with Crippen molar-refractivity contribution in [2.24, 2.45) is 5.73 Å². The third-order valence-electron chi connectivity index (χ3n) is 2.10. The van der Waals surface area contributed by atoms with Crippen LogP contribution < -0.4 is 11.1 Å². The first-order valence-electron chi connectivity index (χ1n) is 4.50. The number of carbonyl (C=O) groups is 1. The Bertz CT molecular complexity index is 390. The Labute approximate surface area is 90.4 Å². The molecule has 1 rings (SSSR count). The molecule has 0 bridgehead atoms. The van der Waals surface area contributed by atoms with Gasteiger partial charge in [0.2, 0.25) is 5.91 Å². The second-order valence-electron chi connectivity index (χ2n) is 3.22. The van der Waals surface area contributed by atoms with Crippen LogP contribution >= 0.6 is 0 Å². The van der Waals surface area contributed by atoms with Crippen molar-refractivity contribution >= 4 is 5.91 Å². The first kappa shape index (κ1) is 12.5. The van der Waals surface area contributed by atoms with Crippen LogP contribution in [0.4, 0.5) is 13.2 Å². The molecule has 1 aromatic rings. The lowest BCUT2D eigenvalue weighted by Crippen LogP contribution is -2.31. The maximum absolute atomic E-state index is 12.4. The molecule has 0 aliphatic rings. The lowest BCUT2D eigenvalue weighted by Gasteiger charge is -2.13. The van der Waals surface area contributed by atoms with Crippen LogP contribution in [-0.2, 0) is 11.0 Å². The van der Waals surface area contributed by atoms with Gasteiger partial charge in [-0.05, 0) is 17.7 Å². The minimum absolute atomic E-state index is 0.133. The molecule has 16 heavy (non-hydrogen) atoms. The van der Waals surface area contributed by atoms with E-state index in [2.05, 4.69) is 5.32 Å². The lowest BCUT2D eigenvalue weighted by atomic mass is 10.0. The van der Waals surface area contributed by atoms with Gasteiger partial charge in [0.05, 0.1) is 5.56 Å². The minimum Gasteiger partial charge on any atom is -0.358 e. The molecule has 1 amide bonds. The van der Waals surface area contributed by atoms with Gasteiger partial charge in [0.15, 0.2) is 0 Å². The summed E-state index contributed by atoms with van der Waals surface area (Å²) < 4.78 is 37.1. The largest absolute Gasteiger partial charge is 0.416 e. The number of carbonyl (C=O) groups excluding carboxylic acids is 1. The Kier molecular flexibility index (Phi) is 3.54. The van der Waals surface area contributed by atoms with E-state index >= 15 is 0 Å². The zero-order valence-electron chi connectivity index (χ0n) is 8.51. The van der Waals surface area contributed by atoms with Crippen LogP contribution in [0.3, 0.4) is 0 Å². The van der Waals surface area contributed by atoms with Crippen LogP contribution in [0.1, 0.15) is 17.2 Å². The molecule has 3 nitrogen and oxygen atoms in total. The van der Waals surface area contributed by atoms with Crippen LogP contribution in [0.5, 0.6) is 0 Å². The normalized spacial score (nSPS) is 13.3. The van der Waals surface area contributed by atoms with E-state index in [0.717, 1.165) is 12.1 Å². The van der Waals surface area contributed by atoms with Gasteiger partial charge in [0, 0.05) is 7.05 Å². The molecule has 0 unspecified atom stereocenters. The molecule has 0 aliphatic carbocycles. The van der Waals surface area contributed by atoms with Gasteiger partial charge in [-0.15, -0.1) is 0 Å². The van der Waals surface area contributed by atoms with Crippen molar-refractivity contribution in [2.75, 3.05) is 7.05 Å². The number of hydrogen-bond acceptors (Lipinski definition) is 2. The Morgan fingerprint density at radius 2 is 2.06 bits per heavy atom. The topological polar surface area (TPSA) is 55.1 Å². The number of rotatable bonds is 2. The van der Waals surface area contributed by atoms with Crippen molar-refractivity contribution in [2.45, 2.75) is 12.2 Å². The number of benzene rings is 1. The summed E-state index contributed by atoms with van der Waals surface area (Å²) >= 11 is 0. The Morgan fingerprint density at radius 1 is 1.44 bits per heavy atom. The van der Waals surface area contributed by atoms with Gasteiger partial charge in [0.25, 0.3) is 0 Å². The van der Waals surface area contributed by atoms with E-state index < -0.39 is 23.7 Å². The Balaban J connectivity index is 3.04. The maximum atomic E-state index is 12.4. The molecule has 1 aromatic carbocycles. The third-order valence-corrected chi connectivity index (χ3v) is 2.10. The summed E-state index contributed by atoms with van der Waals surface area (Å²) in [7, 11) is 1.37. The van der Waals surface area contributed by atoms with E-state index in [0.29, 0.717) is 0 Å². The quantitative estimate of drug-likeness (QED) is 0.810. The Morgan fingerprint density at radius 3 is 2.56 bits per heavy atom. The smallest absolute Gasteiger partial charge is 0.358 e. The second kappa shape index (κ2) is 4.52. The molecule has 0 spiro atoms. The summed E-state index contributed by atoms with van der Waals surface area (Å²) in [6.07, 6.45) is -4.43. The summed E-state index contributed by atoms with van der Waals surface area (Å²) in [5, 5.41) is 2.28. The van der Waals surface area contributed by atoms with E-state index in [1.165, 1.54) is 19.2 Å². The predicted molar refractivity (Wildman–Crippen MR) is 52.4 cm³/mol. The number of amides is 1. The van der Waals surface area contributed by atoms with Crippen molar-refractivity contribution in [3.8, 4) is 0 Å². The van der Waals surface area contributed by atoms with Crippen LogP contribution in [-0.4, -0.2) is 13.0 Å². The minimum atomic E-state index is -4.43. The SMILES string of the molecule is CNC(=O)[C@H](N)c1cccc(C(F)(F)F)c1. The van der Waals surface area contributed by atoms with Gasteiger partial charge in [-0.1, -0.05) is 12.1 Å². The highest BCUT2D eigenvalue weighted by Gasteiger charge is 2.31. The van der Waals surface area contributed by atoms with Crippen LogP contribution in [0.25, 0.3) is 0 Å². The van der Waals surface area contributed by atoms with Crippen LogP contribution in [0, 0.1) is 0 Å². The first-order valence-corrected chi connectivity index (χ1v) is 4.50. The van der Waals surface area contributed by atoms with Gasteiger partial charge in [-0.2, -0.15) is 13.2 Å². The fraction of sp³-hybridized carbons (Fsp3) is 0.300. The summed E-state index contributed by atoms with van der Waals surface area (Å²) in [6, 6.07) is 3.32. The zero-order chi connectivity index (χ0) is 12.3. The van der Waals surface area contributed by atoms with Crippen LogP contribution in [0.2, 0.25) is 0 Å². The molecule has 6 heteroatoms. The number of likely N-dealkylation sites (N-methyl/N-ethyl adjacent to an activating group) is 1. The molecule has 1 atom stereocenters.